The van der Waals surface area contributed by atoms with Gasteiger partial charge >= 0.3 is 6.18 Å². The molecule has 0 spiro atoms. The maximum Gasteiger partial charge on any atom is 0.452 e. The lowest BCUT2D eigenvalue weighted by Gasteiger charge is -2.50. The van der Waals surface area contributed by atoms with E-state index in [-0.39, 0.29) is 35.4 Å². The minimum atomic E-state index is -4.61. The van der Waals surface area contributed by atoms with E-state index in [0.717, 1.165) is 11.6 Å². The summed E-state index contributed by atoms with van der Waals surface area (Å²) in [4.78, 5) is 30.5. The Bertz CT molecular complexity index is 1750. The van der Waals surface area contributed by atoms with Crippen LogP contribution < -0.4 is 5.32 Å². The lowest BCUT2D eigenvalue weighted by atomic mass is 9.66. The number of benzene rings is 2. The number of aromatic nitrogens is 2. The summed E-state index contributed by atoms with van der Waals surface area (Å²) in [6.45, 7) is 5.19. The summed E-state index contributed by atoms with van der Waals surface area (Å²) in [5.74, 6) is -3.14. The number of halogens is 4. The SMILES string of the molecule is CC1(C)CN(Cc2ccc(-c3cc(C(F)(F)F)on3)cc2)CCC1(O)c1ccc2ncc(C3CCC(=O)NC3=O)cc2c1F. The van der Waals surface area contributed by atoms with Crippen LogP contribution in [0, 0.1) is 11.2 Å². The first-order valence-corrected chi connectivity index (χ1v) is 14.3. The number of nitrogens with zero attached hydrogens (tertiary/aromatic N) is 3. The quantitative estimate of drug-likeness (QED) is 0.221. The van der Waals surface area contributed by atoms with E-state index in [1.165, 1.54) is 6.20 Å². The largest absolute Gasteiger partial charge is 0.452 e. The summed E-state index contributed by atoms with van der Waals surface area (Å²) in [6.07, 6.45) is -2.33. The summed E-state index contributed by atoms with van der Waals surface area (Å²) < 4.78 is 59.2. The predicted molar refractivity (Wildman–Crippen MR) is 151 cm³/mol. The van der Waals surface area contributed by atoms with E-state index in [1.54, 1.807) is 42.5 Å². The van der Waals surface area contributed by atoms with Gasteiger partial charge in [0.25, 0.3) is 0 Å². The molecule has 0 radical (unpaired) electrons. The predicted octanol–water partition coefficient (Wildman–Crippen LogP) is 5.69. The zero-order valence-corrected chi connectivity index (χ0v) is 24.0. The number of piperidine rings is 2. The molecule has 0 bridgehead atoms. The molecule has 4 aromatic rings. The monoisotopic (exact) mass is 610 g/mol. The number of aliphatic hydroxyl groups is 1. The van der Waals surface area contributed by atoms with E-state index in [1.807, 2.05) is 13.8 Å². The number of fused-ring (bicyclic) bond motifs is 1. The Hall–Kier alpha value is -4.16. The van der Waals surface area contributed by atoms with E-state index in [4.69, 9.17) is 0 Å². The van der Waals surface area contributed by atoms with Gasteiger partial charge in [-0.2, -0.15) is 13.2 Å². The molecule has 2 N–H and O–H groups in total. The molecule has 2 aromatic heterocycles. The van der Waals surface area contributed by atoms with Crippen LogP contribution in [0.15, 0.2) is 59.3 Å². The second kappa shape index (κ2) is 10.8. The molecule has 2 amide bonds. The normalized spacial score (nSPS) is 22.8. The van der Waals surface area contributed by atoms with E-state index in [9.17, 15) is 27.9 Å². The van der Waals surface area contributed by atoms with Gasteiger partial charge < -0.3 is 9.63 Å². The fourth-order valence-electron chi connectivity index (χ4n) is 6.35. The summed E-state index contributed by atoms with van der Waals surface area (Å²) in [5.41, 5.74) is 0.279. The Morgan fingerprint density at radius 2 is 1.86 bits per heavy atom. The van der Waals surface area contributed by atoms with Gasteiger partial charge in [0.1, 0.15) is 11.5 Å². The molecular weight excluding hydrogens is 580 g/mol. The maximum absolute atomic E-state index is 16.2. The number of imide groups is 1. The first-order valence-electron chi connectivity index (χ1n) is 14.3. The van der Waals surface area contributed by atoms with E-state index in [2.05, 4.69) is 24.9 Å². The third kappa shape index (κ3) is 5.36. The van der Waals surface area contributed by atoms with Crippen LogP contribution in [-0.2, 0) is 27.9 Å². The van der Waals surface area contributed by atoms with Crippen LogP contribution in [0.3, 0.4) is 0 Å². The van der Waals surface area contributed by atoms with Gasteiger partial charge in [0.2, 0.25) is 17.6 Å². The number of hydrogen-bond donors (Lipinski definition) is 2. The van der Waals surface area contributed by atoms with E-state index >= 15 is 4.39 Å². The number of hydrogen-bond acceptors (Lipinski definition) is 7. The average molecular weight is 611 g/mol. The van der Waals surface area contributed by atoms with Crippen LogP contribution in [0.25, 0.3) is 22.2 Å². The number of carbonyl (C=O) groups is 2. The van der Waals surface area contributed by atoms with Crippen LogP contribution in [0.2, 0.25) is 0 Å². The molecule has 2 unspecified atom stereocenters. The van der Waals surface area contributed by atoms with Gasteiger partial charge in [-0.25, -0.2) is 4.39 Å². The van der Waals surface area contributed by atoms with Crippen molar-refractivity contribution in [3.63, 3.8) is 0 Å². The van der Waals surface area contributed by atoms with E-state index in [0.29, 0.717) is 42.7 Å². The summed E-state index contributed by atoms with van der Waals surface area (Å²) in [6, 6.07) is 12.7. The van der Waals surface area contributed by atoms with Crippen molar-refractivity contribution in [1.29, 1.82) is 0 Å². The van der Waals surface area contributed by atoms with Crippen LogP contribution in [0.4, 0.5) is 17.6 Å². The lowest BCUT2D eigenvalue weighted by Crippen LogP contribution is -2.55. The Kier molecular flexibility index (Phi) is 7.32. The zero-order chi connectivity index (χ0) is 31.4. The molecule has 44 heavy (non-hydrogen) atoms. The van der Waals surface area contributed by atoms with Gasteiger partial charge in [-0.15, -0.1) is 0 Å². The Morgan fingerprint density at radius 1 is 1.11 bits per heavy atom. The van der Waals surface area contributed by atoms with Crippen LogP contribution in [0.5, 0.6) is 0 Å². The molecule has 6 rings (SSSR count). The molecule has 2 aromatic carbocycles. The first-order chi connectivity index (χ1) is 20.7. The van der Waals surface area contributed by atoms with Crippen LogP contribution >= 0.6 is 0 Å². The lowest BCUT2D eigenvalue weighted by molar-refractivity contribution is -0.155. The van der Waals surface area contributed by atoms with Crippen molar-refractivity contribution in [2.75, 3.05) is 13.1 Å². The van der Waals surface area contributed by atoms with Crippen LogP contribution in [0.1, 0.15) is 61.5 Å². The molecule has 2 aliphatic rings. The van der Waals surface area contributed by atoms with Crippen molar-refractivity contribution < 1.29 is 36.8 Å². The summed E-state index contributed by atoms with van der Waals surface area (Å²) >= 11 is 0. The number of likely N-dealkylation sites (tertiary alicyclic amines) is 1. The zero-order valence-electron chi connectivity index (χ0n) is 24.0. The second-order valence-electron chi connectivity index (χ2n) is 12.2. The Labute approximate surface area is 250 Å². The Balaban J connectivity index is 1.20. The van der Waals surface area contributed by atoms with Crippen molar-refractivity contribution in [2.24, 2.45) is 5.41 Å². The van der Waals surface area contributed by atoms with E-state index < -0.39 is 40.6 Å². The number of amides is 2. The van der Waals surface area contributed by atoms with Crippen molar-refractivity contribution in [3.05, 3.63) is 83.0 Å². The molecule has 0 saturated carbocycles. The van der Waals surface area contributed by atoms with Gasteiger partial charge in [-0.1, -0.05) is 49.3 Å². The minimum Gasteiger partial charge on any atom is -0.384 e. The highest BCUT2D eigenvalue weighted by Crippen LogP contribution is 2.48. The standard InChI is InChI=1S/C32H30F4N4O4/c1-30(2)17-40(16-18-3-5-19(6-4-18)25-14-26(44-39-25)32(34,35)36)12-11-31(30,43)23-8-9-24-22(28(23)33)13-20(15-37-24)21-7-10-27(41)38-29(21)42/h3-6,8-9,13-15,21,43H,7,10-12,16-17H2,1-2H3,(H,38,41,42). The number of rotatable bonds is 5. The van der Waals surface area contributed by atoms with Gasteiger partial charge in [-0.05, 0) is 36.1 Å². The first kappa shape index (κ1) is 29.9. The topological polar surface area (TPSA) is 109 Å². The van der Waals surface area contributed by atoms with Crippen molar-refractivity contribution in [1.82, 2.24) is 20.4 Å². The molecule has 2 aliphatic heterocycles. The van der Waals surface area contributed by atoms with Crippen molar-refractivity contribution >= 4 is 22.7 Å². The molecule has 2 saturated heterocycles. The van der Waals surface area contributed by atoms with Crippen LogP contribution in [-0.4, -0.2) is 45.1 Å². The number of nitrogens with one attached hydrogen (secondary N) is 1. The maximum atomic E-state index is 16.2. The Morgan fingerprint density at radius 3 is 2.52 bits per heavy atom. The van der Waals surface area contributed by atoms with Gasteiger partial charge in [-0.3, -0.25) is 24.8 Å². The number of alkyl halides is 3. The summed E-state index contributed by atoms with van der Waals surface area (Å²) in [7, 11) is 0. The molecule has 8 nitrogen and oxygen atoms in total. The molecule has 2 atom stereocenters. The fraction of sp³-hybridized carbons (Fsp3) is 0.375. The second-order valence-corrected chi connectivity index (χ2v) is 12.2. The molecular formula is C32H30F4N4O4. The molecule has 230 valence electrons. The molecule has 12 heteroatoms. The smallest absolute Gasteiger partial charge is 0.384 e. The summed E-state index contributed by atoms with van der Waals surface area (Å²) in [5, 5.41) is 18.1. The van der Waals surface area contributed by atoms with Gasteiger partial charge in [0, 0.05) is 60.2 Å². The average Bonchev–Trinajstić information content (AvgIpc) is 3.47. The van der Waals surface area contributed by atoms with Crippen molar-refractivity contribution in [3.8, 4) is 11.3 Å². The van der Waals surface area contributed by atoms with Crippen molar-refractivity contribution in [2.45, 2.75) is 57.3 Å². The number of pyridine rings is 1. The highest BCUT2D eigenvalue weighted by molar-refractivity contribution is 6.01. The third-order valence-electron chi connectivity index (χ3n) is 8.88. The molecule has 4 heterocycles. The fourth-order valence-corrected chi connectivity index (χ4v) is 6.35. The molecule has 2 fully saturated rings. The third-order valence-corrected chi connectivity index (χ3v) is 8.88. The van der Waals surface area contributed by atoms with Gasteiger partial charge in [0.05, 0.1) is 17.0 Å². The number of carbonyl (C=O) groups excluding carboxylic acids is 2. The van der Waals surface area contributed by atoms with Gasteiger partial charge in [0.15, 0.2) is 0 Å². The molecule has 0 aliphatic carbocycles. The minimum absolute atomic E-state index is 0.0879. The highest BCUT2D eigenvalue weighted by Gasteiger charge is 2.50. The highest BCUT2D eigenvalue weighted by atomic mass is 19.4.